The standard InChI is InChI=1S/C22H21F4NO3/c23-18-8-4-7-16(9-18)19-12-27(11-17(19)13-28)20(10-22(24,25)26)21(29)30-14-15-5-2-1-3-6-15/h1-9,13,17,19-20H,10-12,14H2/t17-,19-,20?/m1/s1. The third kappa shape index (κ3) is 5.66. The predicted molar refractivity (Wildman–Crippen MR) is 101 cm³/mol. The summed E-state index contributed by atoms with van der Waals surface area (Å²) in [5.41, 5.74) is 1.17. The first kappa shape index (κ1) is 22.0. The smallest absolute Gasteiger partial charge is 0.391 e. The molecule has 30 heavy (non-hydrogen) atoms. The zero-order chi connectivity index (χ0) is 21.7. The molecule has 8 heteroatoms. The summed E-state index contributed by atoms with van der Waals surface area (Å²) < 4.78 is 58.3. The zero-order valence-electron chi connectivity index (χ0n) is 16.0. The second kappa shape index (κ2) is 9.38. The summed E-state index contributed by atoms with van der Waals surface area (Å²) in [6.07, 6.45) is -5.33. The molecule has 160 valence electrons. The largest absolute Gasteiger partial charge is 0.460 e. The average Bonchev–Trinajstić information content (AvgIpc) is 3.14. The Hall–Kier alpha value is -2.74. The van der Waals surface area contributed by atoms with E-state index in [4.69, 9.17) is 4.74 Å². The van der Waals surface area contributed by atoms with E-state index >= 15 is 0 Å². The molecule has 1 aliphatic heterocycles. The third-order valence-corrected chi connectivity index (χ3v) is 5.21. The number of carbonyl (C=O) groups is 2. The van der Waals surface area contributed by atoms with E-state index in [0.717, 1.165) is 0 Å². The van der Waals surface area contributed by atoms with Crippen molar-refractivity contribution < 1.29 is 31.9 Å². The quantitative estimate of drug-likeness (QED) is 0.382. The van der Waals surface area contributed by atoms with Gasteiger partial charge in [-0.3, -0.25) is 9.69 Å². The molecule has 3 atom stereocenters. The first-order chi connectivity index (χ1) is 14.3. The van der Waals surface area contributed by atoms with Gasteiger partial charge in [0, 0.05) is 24.9 Å². The van der Waals surface area contributed by atoms with Crippen LogP contribution < -0.4 is 0 Å². The number of alkyl halides is 3. The number of rotatable bonds is 7. The second-order valence-corrected chi connectivity index (χ2v) is 7.34. The van der Waals surface area contributed by atoms with Crippen LogP contribution in [-0.4, -0.2) is 42.5 Å². The molecule has 0 amide bonds. The Morgan fingerprint density at radius 3 is 2.50 bits per heavy atom. The molecule has 3 rings (SSSR count). The molecule has 1 unspecified atom stereocenters. The monoisotopic (exact) mass is 423 g/mol. The Labute approximate surface area is 171 Å². The number of halogens is 4. The summed E-state index contributed by atoms with van der Waals surface area (Å²) in [4.78, 5) is 25.4. The number of likely N-dealkylation sites (tertiary alicyclic amines) is 1. The lowest BCUT2D eigenvalue weighted by Gasteiger charge is -2.27. The highest BCUT2D eigenvalue weighted by atomic mass is 19.4. The van der Waals surface area contributed by atoms with Gasteiger partial charge in [0.2, 0.25) is 0 Å². The molecule has 1 fully saturated rings. The number of hydrogen-bond acceptors (Lipinski definition) is 4. The number of carbonyl (C=O) groups excluding carboxylic acids is 2. The normalized spacial score (nSPS) is 20.7. The van der Waals surface area contributed by atoms with Gasteiger partial charge in [-0.1, -0.05) is 42.5 Å². The fraction of sp³-hybridized carbons (Fsp3) is 0.364. The van der Waals surface area contributed by atoms with E-state index < -0.39 is 42.3 Å². The van der Waals surface area contributed by atoms with Crippen LogP contribution in [0.1, 0.15) is 23.5 Å². The van der Waals surface area contributed by atoms with E-state index in [0.29, 0.717) is 17.4 Å². The van der Waals surface area contributed by atoms with Gasteiger partial charge >= 0.3 is 12.1 Å². The lowest BCUT2D eigenvalue weighted by atomic mass is 9.90. The van der Waals surface area contributed by atoms with Crippen molar-refractivity contribution in [2.45, 2.75) is 31.2 Å². The molecule has 0 radical (unpaired) electrons. The van der Waals surface area contributed by atoms with Crippen LogP contribution in [0.2, 0.25) is 0 Å². The van der Waals surface area contributed by atoms with Crippen LogP contribution in [0.15, 0.2) is 54.6 Å². The topological polar surface area (TPSA) is 46.6 Å². The Balaban J connectivity index is 1.77. The second-order valence-electron chi connectivity index (χ2n) is 7.34. The molecular formula is C22H21F4NO3. The van der Waals surface area contributed by atoms with Gasteiger partial charge in [-0.15, -0.1) is 0 Å². The van der Waals surface area contributed by atoms with Crippen LogP contribution in [0.4, 0.5) is 17.6 Å². The number of ether oxygens (including phenoxy) is 1. The minimum Gasteiger partial charge on any atom is -0.460 e. The minimum atomic E-state index is -4.59. The Bertz CT molecular complexity index is 872. The predicted octanol–water partition coefficient (Wildman–Crippen LogP) is 4.10. The summed E-state index contributed by atoms with van der Waals surface area (Å²) in [6, 6.07) is 12.7. The van der Waals surface area contributed by atoms with Crippen LogP contribution in [-0.2, 0) is 20.9 Å². The van der Waals surface area contributed by atoms with Crippen LogP contribution >= 0.6 is 0 Å². The van der Waals surface area contributed by atoms with Crippen molar-refractivity contribution in [3.05, 3.63) is 71.5 Å². The highest BCUT2D eigenvalue weighted by molar-refractivity contribution is 5.76. The summed E-state index contributed by atoms with van der Waals surface area (Å²) in [5, 5.41) is 0. The molecular weight excluding hydrogens is 402 g/mol. The molecule has 0 bridgehead atoms. The maximum atomic E-state index is 13.6. The van der Waals surface area contributed by atoms with Crippen LogP contribution in [0.3, 0.4) is 0 Å². The van der Waals surface area contributed by atoms with Gasteiger partial charge in [0.25, 0.3) is 0 Å². The molecule has 0 saturated carbocycles. The maximum absolute atomic E-state index is 13.6. The maximum Gasteiger partial charge on any atom is 0.391 e. The van der Waals surface area contributed by atoms with Crippen molar-refractivity contribution in [2.24, 2.45) is 5.92 Å². The lowest BCUT2D eigenvalue weighted by molar-refractivity contribution is -0.170. The van der Waals surface area contributed by atoms with Crippen molar-refractivity contribution in [2.75, 3.05) is 13.1 Å². The SMILES string of the molecule is O=C[C@H]1CN(C(CC(F)(F)F)C(=O)OCc2ccccc2)C[C@@H]1c1cccc(F)c1. The average molecular weight is 423 g/mol. The van der Waals surface area contributed by atoms with Gasteiger partial charge in [0.05, 0.1) is 6.42 Å². The number of nitrogens with zero attached hydrogens (tertiary/aromatic N) is 1. The van der Waals surface area contributed by atoms with Gasteiger partial charge in [-0.2, -0.15) is 13.2 Å². The van der Waals surface area contributed by atoms with Gasteiger partial charge in [0.15, 0.2) is 0 Å². The molecule has 1 heterocycles. The first-order valence-electron chi connectivity index (χ1n) is 9.49. The number of aldehydes is 1. The molecule has 2 aromatic carbocycles. The number of esters is 1. The van der Waals surface area contributed by atoms with E-state index in [1.54, 1.807) is 36.4 Å². The Morgan fingerprint density at radius 2 is 1.87 bits per heavy atom. The van der Waals surface area contributed by atoms with E-state index in [1.165, 1.54) is 23.1 Å². The summed E-state index contributed by atoms with van der Waals surface area (Å²) in [7, 11) is 0. The molecule has 1 saturated heterocycles. The molecule has 0 aliphatic carbocycles. The van der Waals surface area contributed by atoms with Crippen LogP contribution in [0.25, 0.3) is 0 Å². The van der Waals surface area contributed by atoms with Crippen molar-refractivity contribution in [1.29, 1.82) is 0 Å². The molecule has 0 aromatic heterocycles. The van der Waals surface area contributed by atoms with Crippen LogP contribution in [0.5, 0.6) is 0 Å². The number of benzene rings is 2. The van der Waals surface area contributed by atoms with E-state index in [2.05, 4.69) is 0 Å². The first-order valence-corrected chi connectivity index (χ1v) is 9.49. The fourth-order valence-corrected chi connectivity index (χ4v) is 3.75. The van der Waals surface area contributed by atoms with E-state index in [-0.39, 0.29) is 19.7 Å². The van der Waals surface area contributed by atoms with Gasteiger partial charge in [-0.25, -0.2) is 4.39 Å². The fourth-order valence-electron chi connectivity index (χ4n) is 3.75. The zero-order valence-corrected chi connectivity index (χ0v) is 16.0. The molecule has 1 aliphatic rings. The van der Waals surface area contributed by atoms with Crippen LogP contribution in [0, 0.1) is 11.7 Å². The van der Waals surface area contributed by atoms with Crippen molar-refractivity contribution >= 4 is 12.3 Å². The Morgan fingerprint density at radius 1 is 1.13 bits per heavy atom. The molecule has 0 spiro atoms. The van der Waals surface area contributed by atoms with E-state index in [9.17, 15) is 27.2 Å². The molecule has 2 aromatic rings. The number of hydrogen-bond donors (Lipinski definition) is 0. The Kier molecular flexibility index (Phi) is 6.87. The summed E-state index contributed by atoms with van der Waals surface area (Å²) in [6.45, 7) is -0.161. The third-order valence-electron chi connectivity index (χ3n) is 5.21. The van der Waals surface area contributed by atoms with Gasteiger partial charge in [-0.05, 0) is 23.3 Å². The van der Waals surface area contributed by atoms with Crippen molar-refractivity contribution in [1.82, 2.24) is 4.90 Å². The van der Waals surface area contributed by atoms with Crippen molar-refractivity contribution in [3.63, 3.8) is 0 Å². The van der Waals surface area contributed by atoms with Gasteiger partial charge < -0.3 is 9.53 Å². The lowest BCUT2D eigenvalue weighted by Crippen LogP contribution is -2.44. The minimum absolute atomic E-state index is 0.0219. The van der Waals surface area contributed by atoms with E-state index in [1.807, 2.05) is 0 Å². The van der Waals surface area contributed by atoms with Crippen molar-refractivity contribution in [3.8, 4) is 0 Å². The summed E-state index contributed by atoms with van der Waals surface area (Å²) in [5.74, 6) is -2.65. The summed E-state index contributed by atoms with van der Waals surface area (Å²) >= 11 is 0. The van der Waals surface area contributed by atoms with Gasteiger partial charge in [0.1, 0.15) is 24.8 Å². The molecule has 4 nitrogen and oxygen atoms in total. The highest BCUT2D eigenvalue weighted by Gasteiger charge is 2.44. The molecule has 0 N–H and O–H groups in total. The highest BCUT2D eigenvalue weighted by Crippen LogP contribution is 2.35.